The van der Waals surface area contributed by atoms with Gasteiger partial charge in [0.25, 0.3) is 5.56 Å². The molecule has 1 aliphatic heterocycles. The zero-order valence-corrected chi connectivity index (χ0v) is 12.0. The molecule has 22 heavy (non-hydrogen) atoms. The first-order valence-electron chi connectivity index (χ1n) is 7.44. The van der Waals surface area contributed by atoms with Crippen molar-refractivity contribution in [3.63, 3.8) is 0 Å². The third-order valence-corrected chi connectivity index (χ3v) is 3.71. The number of nitrogens with one attached hydrogen (secondary N) is 1. The highest BCUT2D eigenvalue weighted by molar-refractivity contribution is 5.99. The zero-order chi connectivity index (χ0) is 16.8. The number of amides is 2. The Bertz CT molecular complexity index is 892. The first-order valence-corrected chi connectivity index (χ1v) is 6.94. The van der Waals surface area contributed by atoms with Gasteiger partial charge in [0.05, 0.1) is 12.3 Å². The summed E-state index contributed by atoms with van der Waals surface area (Å²) in [4.78, 5) is 40.7. The summed E-state index contributed by atoms with van der Waals surface area (Å²) in [7, 11) is 0. The first-order chi connectivity index (χ1) is 10.9. The second kappa shape index (κ2) is 5.34. The van der Waals surface area contributed by atoms with Gasteiger partial charge in [-0.1, -0.05) is 6.07 Å². The highest BCUT2D eigenvalue weighted by Crippen LogP contribution is 2.20. The highest BCUT2D eigenvalue weighted by atomic mass is 16.2. The summed E-state index contributed by atoms with van der Waals surface area (Å²) in [6.07, 6.45) is -0.0653. The van der Waals surface area contributed by atoms with E-state index in [0.717, 1.165) is 10.1 Å². The monoisotopic (exact) mass is 301 g/mol. The van der Waals surface area contributed by atoms with E-state index in [1.807, 2.05) is 0 Å². The lowest BCUT2D eigenvalue weighted by Crippen LogP contribution is -2.45. The van der Waals surface area contributed by atoms with Gasteiger partial charge in [0, 0.05) is 13.0 Å². The van der Waals surface area contributed by atoms with Gasteiger partial charge in [-0.2, -0.15) is 0 Å². The number of rotatable bonds is 2. The van der Waals surface area contributed by atoms with Gasteiger partial charge in [-0.15, -0.1) is 0 Å². The molecule has 1 saturated heterocycles. The number of hydrogen-bond acceptors (Lipinski definition) is 5. The SMILES string of the molecule is [2H][C@@]1(n2c(C)nc3ccc(CN)cc3c2=O)CCC(=O)NC1=O. The number of fused-ring (bicyclic) bond motifs is 1. The molecule has 0 radical (unpaired) electrons. The van der Waals surface area contributed by atoms with Gasteiger partial charge in [0.2, 0.25) is 11.8 Å². The number of carbonyl (C=O) groups excluding carboxylic acids is 2. The Morgan fingerprint density at radius 2 is 2.23 bits per heavy atom. The summed E-state index contributed by atoms with van der Waals surface area (Å²) < 4.78 is 9.50. The number of benzene rings is 1. The Labute approximate surface area is 127 Å². The van der Waals surface area contributed by atoms with Crippen LogP contribution in [0.3, 0.4) is 0 Å². The molecule has 2 heterocycles. The van der Waals surface area contributed by atoms with Crippen LogP contribution in [0.1, 0.15) is 31.6 Å². The van der Waals surface area contributed by atoms with E-state index in [-0.39, 0.29) is 25.2 Å². The maximum Gasteiger partial charge on any atom is 0.262 e. The average Bonchev–Trinajstić information content (AvgIpc) is 2.51. The quantitative estimate of drug-likeness (QED) is 0.767. The summed E-state index contributed by atoms with van der Waals surface area (Å²) in [6.45, 7) is 1.84. The lowest BCUT2D eigenvalue weighted by atomic mass is 10.0. The van der Waals surface area contributed by atoms with E-state index in [2.05, 4.69) is 10.3 Å². The first kappa shape index (κ1) is 13.1. The lowest BCUT2D eigenvalue weighted by Gasteiger charge is -2.24. The molecule has 1 atom stereocenters. The van der Waals surface area contributed by atoms with Crippen LogP contribution in [0.25, 0.3) is 10.9 Å². The standard InChI is InChI=1S/C15H16N4O3/c1-8-17-11-3-2-9(7-16)6-10(11)15(22)19(8)12-4-5-13(20)18-14(12)21/h2-3,6,12H,4-5,7,16H2,1H3,(H,18,20,21)/t12-/m1/s1/i12D. The molecule has 1 fully saturated rings. The molecule has 0 unspecified atom stereocenters. The normalized spacial score (nSPS) is 22.5. The Morgan fingerprint density at radius 3 is 2.91 bits per heavy atom. The fraction of sp³-hybridized carbons (Fsp3) is 0.333. The van der Waals surface area contributed by atoms with E-state index in [1.165, 1.54) is 0 Å². The minimum Gasteiger partial charge on any atom is -0.326 e. The van der Waals surface area contributed by atoms with Crippen LogP contribution in [0.15, 0.2) is 23.0 Å². The second-order valence-corrected chi connectivity index (χ2v) is 5.18. The molecule has 0 spiro atoms. The van der Waals surface area contributed by atoms with Crippen molar-refractivity contribution in [3.8, 4) is 0 Å². The van der Waals surface area contributed by atoms with Crippen LogP contribution in [0.5, 0.6) is 0 Å². The maximum absolute atomic E-state index is 12.8. The van der Waals surface area contributed by atoms with E-state index in [1.54, 1.807) is 25.1 Å². The van der Waals surface area contributed by atoms with Crippen LogP contribution in [0, 0.1) is 6.92 Å². The van der Waals surface area contributed by atoms with Gasteiger partial charge in [-0.05, 0) is 31.0 Å². The average molecular weight is 301 g/mol. The van der Waals surface area contributed by atoms with Gasteiger partial charge in [-0.3, -0.25) is 24.3 Å². The molecule has 0 saturated carbocycles. The zero-order valence-electron chi connectivity index (χ0n) is 13.0. The molecule has 1 aliphatic rings. The number of carbonyl (C=O) groups is 2. The maximum atomic E-state index is 12.8. The molecule has 114 valence electrons. The minimum atomic E-state index is -1.88. The molecule has 2 aromatic rings. The number of aromatic nitrogens is 2. The van der Waals surface area contributed by atoms with Crippen LogP contribution in [0.2, 0.25) is 0 Å². The van der Waals surface area contributed by atoms with Crippen molar-refractivity contribution in [3.05, 3.63) is 39.9 Å². The summed E-state index contributed by atoms with van der Waals surface area (Å²) in [6, 6.07) is 3.21. The van der Waals surface area contributed by atoms with Crippen molar-refractivity contribution in [1.82, 2.24) is 14.9 Å². The lowest BCUT2D eigenvalue weighted by molar-refractivity contribution is -0.135. The molecular weight excluding hydrogens is 284 g/mol. The van der Waals surface area contributed by atoms with Gasteiger partial charge in [0.1, 0.15) is 11.8 Å². The summed E-state index contributed by atoms with van der Waals surface area (Å²) in [5, 5.41) is 2.42. The molecule has 1 aromatic carbocycles. The van der Waals surface area contributed by atoms with Gasteiger partial charge < -0.3 is 5.73 Å². The smallest absolute Gasteiger partial charge is 0.262 e. The Balaban J connectivity index is 2.27. The third kappa shape index (κ3) is 2.29. The Kier molecular flexibility index (Phi) is 3.19. The van der Waals surface area contributed by atoms with Gasteiger partial charge in [-0.25, -0.2) is 4.98 Å². The van der Waals surface area contributed by atoms with Crippen molar-refractivity contribution >= 4 is 22.7 Å². The van der Waals surface area contributed by atoms with Crippen molar-refractivity contribution in [2.75, 3.05) is 0 Å². The predicted octanol–water partition coefficient (Wildman–Crippen LogP) is 0.141. The number of imide groups is 1. The molecule has 3 rings (SSSR count). The van der Waals surface area contributed by atoms with Crippen LogP contribution in [-0.2, 0) is 16.1 Å². The fourth-order valence-corrected chi connectivity index (χ4v) is 2.61. The fourth-order valence-electron chi connectivity index (χ4n) is 2.61. The largest absolute Gasteiger partial charge is 0.326 e. The minimum absolute atomic E-state index is 0.00198. The van der Waals surface area contributed by atoms with Crippen LogP contribution in [0.4, 0.5) is 0 Å². The van der Waals surface area contributed by atoms with E-state index >= 15 is 0 Å². The number of nitrogens with zero attached hydrogens (tertiary/aromatic N) is 2. The van der Waals surface area contributed by atoms with Crippen LogP contribution >= 0.6 is 0 Å². The molecule has 2 amide bonds. The molecule has 0 aliphatic carbocycles. The van der Waals surface area contributed by atoms with Crippen LogP contribution in [-0.4, -0.2) is 21.4 Å². The van der Waals surface area contributed by atoms with Crippen molar-refractivity contribution < 1.29 is 11.0 Å². The van der Waals surface area contributed by atoms with E-state index in [9.17, 15) is 14.4 Å². The molecule has 7 heteroatoms. The molecule has 3 N–H and O–H groups in total. The van der Waals surface area contributed by atoms with Crippen LogP contribution < -0.4 is 16.6 Å². The molecular formula is C15H16N4O3. The number of nitrogens with two attached hydrogens (primary N) is 1. The number of hydrogen-bond donors (Lipinski definition) is 2. The molecule has 0 bridgehead atoms. The Hall–Kier alpha value is -2.54. The Morgan fingerprint density at radius 1 is 1.45 bits per heavy atom. The molecule has 7 nitrogen and oxygen atoms in total. The van der Waals surface area contributed by atoms with E-state index < -0.39 is 23.4 Å². The predicted molar refractivity (Wildman–Crippen MR) is 80.1 cm³/mol. The van der Waals surface area contributed by atoms with Crippen molar-refractivity contribution in [2.24, 2.45) is 5.73 Å². The van der Waals surface area contributed by atoms with E-state index in [4.69, 9.17) is 7.10 Å². The van der Waals surface area contributed by atoms with Gasteiger partial charge >= 0.3 is 0 Å². The summed E-state index contributed by atoms with van der Waals surface area (Å²) in [5.74, 6) is -1.000. The number of aryl methyl sites for hydroxylation is 1. The highest BCUT2D eigenvalue weighted by Gasteiger charge is 2.30. The summed E-state index contributed by atoms with van der Waals surface area (Å²) in [5.41, 5.74) is 6.35. The molecule has 1 aromatic heterocycles. The second-order valence-electron chi connectivity index (χ2n) is 5.18. The topological polar surface area (TPSA) is 107 Å². The van der Waals surface area contributed by atoms with Crippen molar-refractivity contribution in [2.45, 2.75) is 32.3 Å². The number of piperidine rings is 1. The van der Waals surface area contributed by atoms with Gasteiger partial charge in [0.15, 0.2) is 0 Å². The van der Waals surface area contributed by atoms with E-state index in [0.29, 0.717) is 10.9 Å². The third-order valence-electron chi connectivity index (χ3n) is 3.71. The van der Waals surface area contributed by atoms with Crippen molar-refractivity contribution in [1.29, 1.82) is 0 Å². The summed E-state index contributed by atoms with van der Waals surface area (Å²) >= 11 is 0.